The van der Waals surface area contributed by atoms with Gasteiger partial charge in [0.25, 0.3) is 5.56 Å². The van der Waals surface area contributed by atoms with Gasteiger partial charge in [-0.25, -0.2) is 9.66 Å². The summed E-state index contributed by atoms with van der Waals surface area (Å²) in [7, 11) is 0. The zero-order chi connectivity index (χ0) is 16.7. The topological polar surface area (TPSA) is 101 Å². The monoisotopic (exact) mass is 353 g/mol. The molecular weight excluding hydrogens is 342 g/mol. The van der Waals surface area contributed by atoms with E-state index < -0.39 is 0 Å². The second-order valence-corrected chi connectivity index (χ2v) is 5.23. The minimum Gasteiger partial charge on any atom is -0.298 e. The average molecular weight is 354 g/mol. The van der Waals surface area contributed by atoms with Crippen molar-refractivity contribution in [3.05, 3.63) is 63.6 Å². The van der Waals surface area contributed by atoms with Crippen LogP contribution in [0.1, 0.15) is 11.1 Å². The summed E-state index contributed by atoms with van der Waals surface area (Å²) in [5.41, 5.74) is 5.34. The third-order valence-corrected chi connectivity index (χ3v) is 3.89. The standard InChI is InChI=1S/C16H11N7O.ClH/c1-10-11(6-17)15-21-13-4-2-3-5-14(13)23(15)16(24)12(10)7-20-22-8-18-19-9-22;/h2-5,7-9,20H,1H3;1H. The highest BCUT2D eigenvalue weighted by Gasteiger charge is 2.15. The number of para-hydroxylation sites is 2. The molecule has 0 radical (unpaired) electrons. The van der Waals surface area contributed by atoms with Gasteiger partial charge in [-0.15, -0.1) is 22.6 Å². The fraction of sp³-hybridized carbons (Fsp3) is 0.0625. The molecule has 4 aromatic rings. The van der Waals surface area contributed by atoms with Crippen molar-refractivity contribution < 1.29 is 0 Å². The highest BCUT2D eigenvalue weighted by Crippen LogP contribution is 2.17. The van der Waals surface area contributed by atoms with Crippen LogP contribution >= 0.6 is 12.4 Å². The maximum Gasteiger partial charge on any atom is 0.265 e. The van der Waals surface area contributed by atoms with E-state index in [1.807, 2.05) is 24.3 Å². The normalized spacial score (nSPS) is 11.4. The Bertz CT molecular complexity index is 1220. The number of rotatable bonds is 2. The van der Waals surface area contributed by atoms with Gasteiger partial charge in [0.2, 0.25) is 0 Å². The van der Waals surface area contributed by atoms with Gasteiger partial charge in [0, 0.05) is 6.20 Å². The number of nitriles is 1. The van der Waals surface area contributed by atoms with E-state index in [9.17, 15) is 10.1 Å². The lowest BCUT2D eigenvalue weighted by molar-refractivity contribution is 0.964. The van der Waals surface area contributed by atoms with Crippen molar-refractivity contribution in [1.82, 2.24) is 24.3 Å². The number of aromatic nitrogens is 5. The summed E-state index contributed by atoms with van der Waals surface area (Å²) in [5, 5.41) is 17.3. The fourth-order valence-corrected chi connectivity index (χ4v) is 2.69. The van der Waals surface area contributed by atoms with Gasteiger partial charge in [0.05, 0.1) is 21.8 Å². The highest BCUT2D eigenvalue weighted by molar-refractivity contribution is 5.85. The number of nitrogens with zero attached hydrogens (tertiary/aromatic N) is 6. The van der Waals surface area contributed by atoms with Crippen LogP contribution in [-0.2, 0) is 0 Å². The Morgan fingerprint density at radius 3 is 2.68 bits per heavy atom. The Kier molecular flexibility index (Phi) is 4.09. The summed E-state index contributed by atoms with van der Waals surface area (Å²) in [6.45, 7) is 1.74. The molecule has 0 saturated heterocycles. The highest BCUT2D eigenvalue weighted by atomic mass is 35.5. The molecule has 0 spiro atoms. The van der Waals surface area contributed by atoms with Crippen LogP contribution in [0, 0.1) is 18.3 Å². The Balaban J connectivity index is 0.00000182. The first kappa shape index (κ1) is 16.4. The van der Waals surface area contributed by atoms with Crippen molar-refractivity contribution in [2.24, 2.45) is 0 Å². The number of pyridine rings is 1. The molecule has 1 aromatic carbocycles. The number of fused-ring (bicyclic) bond motifs is 3. The third-order valence-electron chi connectivity index (χ3n) is 3.89. The second kappa shape index (κ2) is 6.22. The van der Waals surface area contributed by atoms with E-state index in [0.29, 0.717) is 33.0 Å². The molecule has 0 amide bonds. The molecule has 0 aliphatic heterocycles. The maximum absolute atomic E-state index is 13.0. The van der Waals surface area contributed by atoms with Crippen molar-refractivity contribution >= 4 is 35.3 Å². The molecule has 4 rings (SSSR count). The van der Waals surface area contributed by atoms with Gasteiger partial charge in [-0.05, 0) is 24.6 Å². The predicted molar refractivity (Wildman–Crippen MR) is 94.7 cm³/mol. The lowest BCUT2D eigenvalue weighted by Gasteiger charge is -2.04. The molecule has 0 bridgehead atoms. The summed E-state index contributed by atoms with van der Waals surface area (Å²) in [6, 6.07) is 9.46. The smallest absolute Gasteiger partial charge is 0.265 e. The van der Waals surface area contributed by atoms with Crippen molar-refractivity contribution in [2.75, 3.05) is 5.43 Å². The first-order valence-electron chi connectivity index (χ1n) is 7.16. The minimum absolute atomic E-state index is 0. The maximum atomic E-state index is 13.0. The first-order chi connectivity index (χ1) is 11.7. The number of halogens is 1. The molecule has 0 aliphatic carbocycles. The van der Waals surface area contributed by atoms with Gasteiger partial charge in [-0.2, -0.15) is 5.26 Å². The Labute approximate surface area is 147 Å². The predicted octanol–water partition coefficient (Wildman–Crippen LogP) is 0.742. The van der Waals surface area contributed by atoms with E-state index in [1.165, 1.54) is 27.9 Å². The Morgan fingerprint density at radius 1 is 1.24 bits per heavy atom. The van der Waals surface area contributed by atoms with Crippen molar-refractivity contribution in [3.8, 4) is 6.07 Å². The molecule has 0 fully saturated rings. The van der Waals surface area contributed by atoms with E-state index in [4.69, 9.17) is 0 Å². The molecule has 3 heterocycles. The van der Waals surface area contributed by atoms with E-state index in [2.05, 4.69) is 26.7 Å². The zero-order valence-electron chi connectivity index (χ0n) is 13.0. The van der Waals surface area contributed by atoms with E-state index >= 15 is 0 Å². The van der Waals surface area contributed by atoms with Gasteiger partial charge in [-0.3, -0.25) is 14.6 Å². The van der Waals surface area contributed by atoms with Gasteiger partial charge >= 0.3 is 0 Å². The van der Waals surface area contributed by atoms with Crippen LogP contribution in [-0.4, -0.2) is 24.3 Å². The van der Waals surface area contributed by atoms with Crippen LogP contribution in [0.2, 0.25) is 0 Å². The van der Waals surface area contributed by atoms with Crippen LogP contribution < -0.4 is 16.2 Å². The fourth-order valence-electron chi connectivity index (χ4n) is 2.69. The molecule has 0 saturated carbocycles. The van der Waals surface area contributed by atoms with Crippen molar-refractivity contribution in [2.45, 2.75) is 6.92 Å². The molecule has 124 valence electrons. The molecule has 1 N–H and O–H groups in total. The molecule has 0 aliphatic rings. The first-order valence-corrected chi connectivity index (χ1v) is 7.16. The third kappa shape index (κ3) is 2.47. The van der Waals surface area contributed by atoms with Gasteiger partial charge in [0.15, 0.2) is 5.65 Å². The number of imidazole rings is 1. The molecule has 3 aromatic heterocycles. The van der Waals surface area contributed by atoms with Gasteiger partial charge < -0.3 is 0 Å². The molecule has 25 heavy (non-hydrogen) atoms. The number of hydrogen-bond acceptors (Lipinski definition) is 6. The van der Waals surface area contributed by atoms with Crippen LogP contribution in [0.15, 0.2) is 41.7 Å². The van der Waals surface area contributed by atoms with Crippen LogP contribution in [0.3, 0.4) is 0 Å². The zero-order valence-corrected chi connectivity index (χ0v) is 13.9. The van der Waals surface area contributed by atoms with Crippen molar-refractivity contribution in [1.29, 1.82) is 5.26 Å². The minimum atomic E-state index is -0.240. The SMILES string of the molecule is Cc1c(C#N)c2nc3ccccc3n2c(=O)c1=CNn1cnnc1.Cl. The van der Waals surface area contributed by atoms with Crippen molar-refractivity contribution in [3.63, 3.8) is 0 Å². The van der Waals surface area contributed by atoms with E-state index in [-0.39, 0.29) is 18.0 Å². The molecule has 0 atom stereocenters. The number of hydrogen-bond donors (Lipinski definition) is 1. The van der Waals surface area contributed by atoms with Gasteiger partial charge in [0.1, 0.15) is 18.7 Å². The summed E-state index contributed by atoms with van der Waals surface area (Å²) in [6.07, 6.45) is 4.47. The van der Waals surface area contributed by atoms with Crippen LogP contribution in [0.4, 0.5) is 0 Å². The average Bonchev–Trinajstić information content (AvgIpc) is 3.22. The quantitative estimate of drug-likeness (QED) is 0.570. The summed E-state index contributed by atoms with van der Waals surface area (Å²) >= 11 is 0. The molecule has 0 unspecified atom stereocenters. The lowest BCUT2D eigenvalue weighted by atomic mass is 10.1. The Morgan fingerprint density at radius 2 is 1.96 bits per heavy atom. The van der Waals surface area contributed by atoms with Crippen LogP contribution in [0.25, 0.3) is 22.9 Å². The second-order valence-electron chi connectivity index (χ2n) is 5.23. The number of benzene rings is 1. The summed E-state index contributed by atoms with van der Waals surface area (Å²) < 4.78 is 2.97. The summed E-state index contributed by atoms with van der Waals surface area (Å²) in [5.74, 6) is 0. The summed E-state index contributed by atoms with van der Waals surface area (Å²) in [4.78, 5) is 17.4. The van der Waals surface area contributed by atoms with E-state index in [1.54, 1.807) is 6.92 Å². The largest absolute Gasteiger partial charge is 0.298 e. The van der Waals surface area contributed by atoms with E-state index in [0.717, 1.165) is 0 Å². The van der Waals surface area contributed by atoms with Gasteiger partial charge in [-0.1, -0.05) is 12.1 Å². The number of nitrogens with one attached hydrogen (secondary N) is 1. The lowest BCUT2D eigenvalue weighted by Crippen LogP contribution is -2.35. The molecule has 8 nitrogen and oxygen atoms in total. The Hall–Kier alpha value is -3.44. The molecular formula is C16H12ClN7O. The molecule has 9 heteroatoms. The van der Waals surface area contributed by atoms with Crippen LogP contribution in [0.5, 0.6) is 0 Å².